The van der Waals surface area contributed by atoms with Gasteiger partial charge in [-0.3, -0.25) is 0 Å². The van der Waals surface area contributed by atoms with Gasteiger partial charge in [-0.2, -0.15) is 0 Å². The second-order valence-electron chi connectivity index (χ2n) is 2.51. The monoisotopic (exact) mass is 143 g/mol. The van der Waals surface area contributed by atoms with Crippen LogP contribution in [0.3, 0.4) is 0 Å². The Morgan fingerprint density at radius 1 is 1.67 bits per heavy atom. The molecule has 1 nitrogen and oxygen atoms in total. The van der Waals surface area contributed by atoms with Gasteiger partial charge in [0.1, 0.15) is 0 Å². The van der Waals surface area contributed by atoms with Crippen molar-refractivity contribution >= 4 is 16.5 Å². The number of hydrogen-bond donors (Lipinski definition) is 1. The van der Waals surface area contributed by atoms with Crippen molar-refractivity contribution in [3.8, 4) is 0 Å². The summed E-state index contributed by atoms with van der Waals surface area (Å²) in [6, 6.07) is 0. The van der Waals surface area contributed by atoms with Crippen molar-refractivity contribution in [3.05, 3.63) is 12.3 Å². The first-order chi connectivity index (χ1) is 4.20. The van der Waals surface area contributed by atoms with Crippen LogP contribution < -0.4 is 4.72 Å². The van der Waals surface area contributed by atoms with E-state index >= 15 is 0 Å². The van der Waals surface area contributed by atoms with Crippen molar-refractivity contribution in [2.75, 3.05) is 0 Å². The highest BCUT2D eigenvalue weighted by Crippen LogP contribution is 2.36. The molecule has 1 N–H and O–H groups in total. The summed E-state index contributed by atoms with van der Waals surface area (Å²) >= 11 is 0. The molecular formula is C7H13NS. The Morgan fingerprint density at radius 2 is 2.22 bits per heavy atom. The molecule has 2 heteroatoms. The summed E-state index contributed by atoms with van der Waals surface area (Å²) in [6.45, 7) is 5.74. The number of nitrogens with one attached hydrogen (secondary N) is 1. The van der Waals surface area contributed by atoms with Crippen LogP contribution in [-0.4, -0.2) is 11.1 Å². The van der Waals surface area contributed by atoms with E-state index in [1.165, 1.54) is 12.8 Å². The van der Waals surface area contributed by atoms with Crippen LogP contribution in [0.5, 0.6) is 0 Å². The first-order valence-electron chi connectivity index (χ1n) is 3.15. The molecule has 0 aromatic carbocycles. The maximum absolute atomic E-state index is 4.00. The summed E-state index contributed by atoms with van der Waals surface area (Å²) in [4.78, 5) is 0. The molecule has 1 fully saturated rings. The van der Waals surface area contributed by atoms with Crippen LogP contribution in [0.4, 0.5) is 0 Å². The van der Waals surface area contributed by atoms with Crippen LogP contribution in [-0.2, 0) is 0 Å². The smallest absolute Gasteiger partial charge is 0.0173 e. The summed E-state index contributed by atoms with van der Waals surface area (Å²) in [5.41, 5.74) is 1.04. The Bertz CT molecular complexity index is 147. The molecule has 1 unspecified atom stereocenters. The molecule has 52 valence electrons. The summed E-state index contributed by atoms with van der Waals surface area (Å²) in [7, 11) is 0.160. The predicted octanol–water partition coefficient (Wildman–Crippen LogP) is 1.89. The zero-order valence-electron chi connectivity index (χ0n) is 5.81. The lowest BCUT2D eigenvalue weighted by atomic mass is 10.6. The van der Waals surface area contributed by atoms with E-state index in [1.54, 1.807) is 0 Å². The van der Waals surface area contributed by atoms with Crippen LogP contribution in [0.1, 0.15) is 19.8 Å². The molecule has 0 aromatic rings. The molecule has 0 heterocycles. The van der Waals surface area contributed by atoms with Gasteiger partial charge in [0.25, 0.3) is 0 Å². The van der Waals surface area contributed by atoms with Crippen molar-refractivity contribution in [1.82, 2.24) is 4.72 Å². The molecule has 1 atom stereocenters. The molecule has 0 amide bonds. The van der Waals surface area contributed by atoms with E-state index in [2.05, 4.69) is 17.2 Å². The van der Waals surface area contributed by atoms with Crippen molar-refractivity contribution in [3.63, 3.8) is 0 Å². The van der Waals surface area contributed by atoms with Gasteiger partial charge in [0, 0.05) is 10.9 Å². The average molecular weight is 143 g/mol. The first-order valence-corrected chi connectivity index (χ1v) is 4.61. The predicted molar refractivity (Wildman–Crippen MR) is 45.7 cm³/mol. The molecule has 0 spiro atoms. The van der Waals surface area contributed by atoms with Crippen LogP contribution in [0, 0.1) is 0 Å². The van der Waals surface area contributed by atoms with Gasteiger partial charge in [-0.05, 0) is 19.8 Å². The van der Waals surface area contributed by atoms with Gasteiger partial charge in [0.15, 0.2) is 0 Å². The SMILES string of the molecule is C=C(C)NS(=C)C1CC1. The molecule has 0 aliphatic heterocycles. The highest BCUT2D eigenvalue weighted by molar-refractivity contribution is 8.13. The van der Waals surface area contributed by atoms with E-state index in [1.807, 2.05) is 6.92 Å². The van der Waals surface area contributed by atoms with E-state index in [4.69, 9.17) is 0 Å². The summed E-state index contributed by atoms with van der Waals surface area (Å²) in [5.74, 6) is 4.00. The molecule has 0 aromatic heterocycles. The zero-order valence-corrected chi connectivity index (χ0v) is 6.63. The third kappa shape index (κ3) is 2.22. The van der Waals surface area contributed by atoms with Gasteiger partial charge < -0.3 is 4.72 Å². The Balaban J connectivity index is 2.26. The minimum absolute atomic E-state index is 0.160. The molecule has 1 aliphatic rings. The summed E-state index contributed by atoms with van der Waals surface area (Å²) in [6.07, 6.45) is 2.71. The number of rotatable bonds is 3. The average Bonchev–Trinajstić information content (AvgIpc) is 2.40. The third-order valence-corrected chi connectivity index (χ3v) is 3.12. The molecule has 0 saturated heterocycles. The van der Waals surface area contributed by atoms with Gasteiger partial charge >= 0.3 is 0 Å². The van der Waals surface area contributed by atoms with E-state index in [0.717, 1.165) is 10.9 Å². The van der Waals surface area contributed by atoms with Gasteiger partial charge in [-0.25, -0.2) is 0 Å². The topological polar surface area (TPSA) is 12.0 Å². The second kappa shape index (κ2) is 2.56. The molecule has 0 bridgehead atoms. The second-order valence-corrected chi connectivity index (χ2v) is 4.24. The molecule has 0 radical (unpaired) electrons. The lowest BCUT2D eigenvalue weighted by Gasteiger charge is -2.07. The minimum Gasteiger partial charge on any atom is -0.340 e. The van der Waals surface area contributed by atoms with E-state index in [-0.39, 0.29) is 10.7 Å². The fraction of sp³-hybridized carbons (Fsp3) is 0.571. The lowest BCUT2D eigenvalue weighted by molar-refractivity contribution is 1.21. The van der Waals surface area contributed by atoms with Crippen molar-refractivity contribution in [1.29, 1.82) is 0 Å². The van der Waals surface area contributed by atoms with Gasteiger partial charge in [-0.15, -0.1) is 10.7 Å². The van der Waals surface area contributed by atoms with Crippen LogP contribution in [0.25, 0.3) is 0 Å². The molecular weight excluding hydrogens is 130 g/mol. The molecule has 1 aliphatic carbocycles. The Kier molecular flexibility index (Phi) is 1.96. The highest BCUT2D eigenvalue weighted by Gasteiger charge is 2.23. The van der Waals surface area contributed by atoms with Crippen molar-refractivity contribution in [2.24, 2.45) is 0 Å². The third-order valence-electron chi connectivity index (χ3n) is 1.23. The standard InChI is InChI=1S/C7H13NS/c1-6(2)8-9(3)7-4-5-7/h7-8H,1,3-5H2,2H3. The van der Waals surface area contributed by atoms with Gasteiger partial charge in [0.2, 0.25) is 0 Å². The van der Waals surface area contributed by atoms with Crippen LogP contribution in [0.15, 0.2) is 12.3 Å². The van der Waals surface area contributed by atoms with Crippen molar-refractivity contribution in [2.45, 2.75) is 25.0 Å². The maximum Gasteiger partial charge on any atom is 0.0173 e. The van der Waals surface area contributed by atoms with Crippen molar-refractivity contribution < 1.29 is 0 Å². The van der Waals surface area contributed by atoms with E-state index in [0.29, 0.717) is 0 Å². The molecule has 1 saturated carbocycles. The fourth-order valence-corrected chi connectivity index (χ4v) is 1.98. The van der Waals surface area contributed by atoms with E-state index < -0.39 is 0 Å². The van der Waals surface area contributed by atoms with Crippen LogP contribution in [0.2, 0.25) is 0 Å². The highest BCUT2D eigenvalue weighted by atomic mass is 32.2. The Labute approximate surface area is 59.2 Å². The lowest BCUT2D eigenvalue weighted by Crippen LogP contribution is -2.03. The normalized spacial score (nSPS) is 21.0. The largest absolute Gasteiger partial charge is 0.340 e. The Morgan fingerprint density at radius 3 is 2.56 bits per heavy atom. The van der Waals surface area contributed by atoms with Gasteiger partial charge in [-0.1, -0.05) is 12.4 Å². The fourth-order valence-electron chi connectivity index (χ4n) is 0.660. The minimum atomic E-state index is 0.160. The summed E-state index contributed by atoms with van der Waals surface area (Å²) in [5, 5.41) is 0.849. The molecule has 1 rings (SSSR count). The van der Waals surface area contributed by atoms with Crippen LogP contribution >= 0.6 is 10.7 Å². The van der Waals surface area contributed by atoms with E-state index in [9.17, 15) is 0 Å². The summed E-state index contributed by atoms with van der Waals surface area (Å²) < 4.78 is 3.23. The first kappa shape index (κ1) is 6.87. The number of hydrogen-bond acceptors (Lipinski definition) is 1. The maximum atomic E-state index is 4.00. The van der Waals surface area contributed by atoms with Gasteiger partial charge in [0.05, 0.1) is 0 Å². The quantitative estimate of drug-likeness (QED) is 0.595. The number of allylic oxidation sites excluding steroid dienone is 1. The Hall–Kier alpha value is -0.240. The zero-order chi connectivity index (χ0) is 6.85. The molecule has 9 heavy (non-hydrogen) atoms.